The van der Waals surface area contributed by atoms with Crippen molar-refractivity contribution in [1.82, 2.24) is 9.97 Å². The van der Waals surface area contributed by atoms with Crippen LogP contribution in [-0.2, 0) is 6.42 Å². The van der Waals surface area contributed by atoms with Crippen LogP contribution in [0.1, 0.15) is 29.5 Å². The number of halogens is 1. The summed E-state index contributed by atoms with van der Waals surface area (Å²) in [6.07, 6.45) is 3.53. The highest BCUT2D eigenvalue weighted by molar-refractivity contribution is 9.10. The van der Waals surface area contributed by atoms with Crippen LogP contribution in [0.15, 0.2) is 28.2 Å². The molecule has 0 atom stereocenters. The molecule has 1 aliphatic carbocycles. The van der Waals surface area contributed by atoms with Crippen LogP contribution >= 0.6 is 27.3 Å². The number of hydrogen-bond acceptors (Lipinski definition) is 4. The first kappa shape index (κ1) is 13.1. The van der Waals surface area contributed by atoms with E-state index in [1.807, 2.05) is 17.4 Å². The van der Waals surface area contributed by atoms with E-state index >= 15 is 0 Å². The fraction of sp³-hybridized carbons (Fsp3) is 0.429. The average molecular weight is 338 g/mol. The zero-order valence-corrected chi connectivity index (χ0v) is 13.2. The summed E-state index contributed by atoms with van der Waals surface area (Å²) in [7, 11) is 2.10. The molecular weight excluding hydrogens is 322 g/mol. The normalized spacial score (nSPS) is 14.6. The van der Waals surface area contributed by atoms with E-state index in [0.29, 0.717) is 5.92 Å². The Hall–Kier alpha value is -0.940. The summed E-state index contributed by atoms with van der Waals surface area (Å²) in [5, 5.41) is 2.13. The van der Waals surface area contributed by atoms with Crippen molar-refractivity contribution in [3.63, 3.8) is 0 Å². The molecule has 0 saturated heterocycles. The fourth-order valence-electron chi connectivity index (χ4n) is 1.99. The Kier molecular flexibility index (Phi) is 3.84. The summed E-state index contributed by atoms with van der Waals surface area (Å²) >= 11 is 5.30. The molecule has 2 aromatic rings. The Bertz CT molecular complexity index is 552. The van der Waals surface area contributed by atoms with Crippen LogP contribution in [0.3, 0.4) is 0 Å². The third kappa shape index (κ3) is 3.34. The number of aromatic nitrogens is 2. The maximum absolute atomic E-state index is 4.68. The average Bonchev–Trinajstić information content (AvgIpc) is 3.13. The third-order valence-corrected chi connectivity index (χ3v) is 4.65. The molecule has 0 amide bonds. The van der Waals surface area contributed by atoms with Crippen molar-refractivity contribution in [2.75, 3.05) is 18.5 Å². The quantitative estimate of drug-likeness (QED) is 0.776. The van der Waals surface area contributed by atoms with Crippen LogP contribution in [0.5, 0.6) is 0 Å². The van der Waals surface area contributed by atoms with E-state index < -0.39 is 0 Å². The van der Waals surface area contributed by atoms with Gasteiger partial charge in [0.1, 0.15) is 16.2 Å². The van der Waals surface area contributed by atoms with Gasteiger partial charge in [-0.25, -0.2) is 9.97 Å². The Labute approximate surface area is 125 Å². The van der Waals surface area contributed by atoms with E-state index in [2.05, 4.69) is 55.4 Å². The van der Waals surface area contributed by atoms with Gasteiger partial charge < -0.3 is 4.90 Å². The molecule has 0 radical (unpaired) electrons. The predicted octanol–water partition coefficient (Wildman–Crippen LogP) is 3.86. The number of nitrogens with zero attached hydrogens (tertiary/aromatic N) is 3. The van der Waals surface area contributed by atoms with E-state index in [-0.39, 0.29) is 0 Å². The van der Waals surface area contributed by atoms with Crippen molar-refractivity contribution in [2.45, 2.75) is 25.2 Å². The number of thiophene rings is 1. The van der Waals surface area contributed by atoms with E-state index in [4.69, 9.17) is 0 Å². The third-order valence-electron chi connectivity index (χ3n) is 3.31. The fourth-order valence-corrected chi connectivity index (χ4v) is 3.07. The first-order chi connectivity index (χ1) is 9.22. The topological polar surface area (TPSA) is 29.0 Å². The van der Waals surface area contributed by atoms with Crippen LogP contribution in [0.4, 0.5) is 5.82 Å². The van der Waals surface area contributed by atoms with Crippen molar-refractivity contribution in [3.05, 3.63) is 38.9 Å². The Morgan fingerprint density at radius 1 is 1.42 bits per heavy atom. The molecule has 1 aliphatic rings. The lowest BCUT2D eigenvalue weighted by Crippen LogP contribution is -2.21. The standard InChI is InChI=1S/C14H16BrN3S/c1-18(7-6-11-3-2-8-19-11)13-9-12(15)16-14(17-13)10-4-5-10/h2-3,8-10H,4-7H2,1H3. The first-order valence-corrected chi connectivity index (χ1v) is 8.17. The van der Waals surface area contributed by atoms with Crippen molar-refractivity contribution < 1.29 is 0 Å². The SMILES string of the molecule is CN(CCc1cccs1)c1cc(Br)nc(C2CC2)n1. The molecule has 0 unspecified atom stereocenters. The van der Waals surface area contributed by atoms with Crippen LogP contribution in [0.2, 0.25) is 0 Å². The first-order valence-electron chi connectivity index (χ1n) is 6.50. The van der Waals surface area contributed by atoms with Crippen LogP contribution in [-0.4, -0.2) is 23.6 Å². The van der Waals surface area contributed by atoms with Gasteiger partial charge in [0.05, 0.1) is 0 Å². The van der Waals surface area contributed by atoms with Gasteiger partial charge in [0.25, 0.3) is 0 Å². The molecule has 0 aromatic carbocycles. The number of anilines is 1. The van der Waals surface area contributed by atoms with Crippen molar-refractivity contribution in [1.29, 1.82) is 0 Å². The summed E-state index contributed by atoms with van der Waals surface area (Å²) in [6, 6.07) is 6.29. The van der Waals surface area contributed by atoms with E-state index in [0.717, 1.165) is 29.2 Å². The molecule has 0 bridgehead atoms. The van der Waals surface area contributed by atoms with Gasteiger partial charge in [-0.2, -0.15) is 0 Å². The van der Waals surface area contributed by atoms with Crippen LogP contribution in [0.25, 0.3) is 0 Å². The van der Waals surface area contributed by atoms with Gasteiger partial charge in [-0.1, -0.05) is 6.07 Å². The monoisotopic (exact) mass is 337 g/mol. The van der Waals surface area contributed by atoms with E-state index in [9.17, 15) is 0 Å². The molecule has 1 fully saturated rings. The highest BCUT2D eigenvalue weighted by atomic mass is 79.9. The second-order valence-corrected chi connectivity index (χ2v) is 6.78. The van der Waals surface area contributed by atoms with Gasteiger partial charge in [0, 0.05) is 30.5 Å². The number of rotatable bonds is 5. The Morgan fingerprint density at radius 2 is 2.26 bits per heavy atom. The summed E-state index contributed by atoms with van der Waals surface area (Å²) in [6.45, 7) is 0.980. The van der Waals surface area contributed by atoms with E-state index in [1.54, 1.807) is 0 Å². The maximum atomic E-state index is 4.68. The molecule has 3 rings (SSSR count). The smallest absolute Gasteiger partial charge is 0.135 e. The molecule has 5 heteroatoms. The van der Waals surface area contributed by atoms with Crippen LogP contribution < -0.4 is 4.90 Å². The highest BCUT2D eigenvalue weighted by Gasteiger charge is 2.27. The van der Waals surface area contributed by atoms with Crippen LogP contribution in [0, 0.1) is 0 Å². The lowest BCUT2D eigenvalue weighted by molar-refractivity contribution is 0.835. The van der Waals surface area contributed by atoms with Gasteiger partial charge in [-0.3, -0.25) is 0 Å². The maximum Gasteiger partial charge on any atom is 0.135 e. The molecule has 0 N–H and O–H groups in total. The minimum Gasteiger partial charge on any atom is -0.359 e. The van der Waals surface area contributed by atoms with Gasteiger partial charge in [0.2, 0.25) is 0 Å². The lowest BCUT2D eigenvalue weighted by Gasteiger charge is -2.18. The second kappa shape index (κ2) is 5.59. The van der Waals surface area contributed by atoms with Gasteiger partial charge in [-0.15, -0.1) is 11.3 Å². The van der Waals surface area contributed by atoms with Crippen molar-refractivity contribution >= 4 is 33.1 Å². The Balaban J connectivity index is 1.69. The molecule has 2 aromatic heterocycles. The molecule has 19 heavy (non-hydrogen) atoms. The summed E-state index contributed by atoms with van der Waals surface area (Å²) in [4.78, 5) is 12.8. The summed E-state index contributed by atoms with van der Waals surface area (Å²) < 4.78 is 0.891. The summed E-state index contributed by atoms with van der Waals surface area (Å²) in [5.41, 5.74) is 0. The van der Waals surface area contributed by atoms with Gasteiger partial charge in [-0.05, 0) is 46.6 Å². The number of hydrogen-bond donors (Lipinski definition) is 0. The highest BCUT2D eigenvalue weighted by Crippen LogP contribution is 2.39. The molecular formula is C14H16BrN3S. The van der Waals surface area contributed by atoms with Crippen molar-refractivity contribution in [3.8, 4) is 0 Å². The molecule has 100 valence electrons. The van der Waals surface area contributed by atoms with Gasteiger partial charge >= 0.3 is 0 Å². The molecule has 3 nitrogen and oxygen atoms in total. The lowest BCUT2D eigenvalue weighted by atomic mass is 10.3. The molecule has 1 saturated carbocycles. The predicted molar refractivity (Wildman–Crippen MR) is 83.0 cm³/mol. The largest absolute Gasteiger partial charge is 0.359 e. The molecule has 2 heterocycles. The van der Waals surface area contributed by atoms with E-state index in [1.165, 1.54) is 17.7 Å². The summed E-state index contributed by atoms with van der Waals surface area (Å²) in [5.74, 6) is 2.59. The molecule has 0 aliphatic heterocycles. The minimum atomic E-state index is 0.585. The Morgan fingerprint density at radius 3 is 2.95 bits per heavy atom. The van der Waals surface area contributed by atoms with Crippen molar-refractivity contribution in [2.24, 2.45) is 0 Å². The second-order valence-electron chi connectivity index (χ2n) is 4.93. The molecule has 0 spiro atoms. The van der Waals surface area contributed by atoms with Gasteiger partial charge in [0.15, 0.2) is 0 Å². The zero-order chi connectivity index (χ0) is 13.2. The number of likely N-dealkylation sites (N-methyl/N-ethyl adjacent to an activating group) is 1. The minimum absolute atomic E-state index is 0.585. The zero-order valence-electron chi connectivity index (χ0n) is 10.8.